The maximum absolute atomic E-state index is 13.1. The SMILES string of the molecule is O=[N+]([O-])c1cc2nc(Nc3cccc(C(F)(F)F)c3)c(N3CCOCC3)nc2cc1[N+](=O)[O-]. The fraction of sp³-hybridized carbons (Fsp3) is 0.263. The first-order valence-corrected chi connectivity index (χ1v) is 9.55. The third-order valence-electron chi connectivity index (χ3n) is 4.90. The number of anilines is 3. The summed E-state index contributed by atoms with van der Waals surface area (Å²) in [5.41, 5.74) is -2.31. The topological polar surface area (TPSA) is 137 Å². The Morgan fingerprint density at radius 3 is 2.15 bits per heavy atom. The van der Waals surface area contributed by atoms with Gasteiger partial charge in [-0.15, -0.1) is 0 Å². The van der Waals surface area contributed by atoms with E-state index in [1.807, 2.05) is 0 Å². The van der Waals surface area contributed by atoms with Crippen molar-refractivity contribution in [3.05, 3.63) is 62.2 Å². The van der Waals surface area contributed by atoms with Crippen LogP contribution in [-0.2, 0) is 10.9 Å². The summed E-state index contributed by atoms with van der Waals surface area (Å²) in [7, 11) is 0. The number of nitro groups is 2. The van der Waals surface area contributed by atoms with Crippen LogP contribution >= 0.6 is 0 Å². The number of nitrogens with zero attached hydrogens (tertiary/aromatic N) is 5. The van der Waals surface area contributed by atoms with Gasteiger partial charge in [0.25, 0.3) is 0 Å². The van der Waals surface area contributed by atoms with E-state index in [1.54, 1.807) is 4.90 Å². The van der Waals surface area contributed by atoms with Gasteiger partial charge >= 0.3 is 17.6 Å². The van der Waals surface area contributed by atoms with Crippen molar-refractivity contribution in [2.75, 3.05) is 36.5 Å². The highest BCUT2D eigenvalue weighted by atomic mass is 19.4. The van der Waals surface area contributed by atoms with E-state index in [9.17, 15) is 33.4 Å². The Balaban J connectivity index is 1.86. The van der Waals surface area contributed by atoms with Crippen molar-refractivity contribution in [1.29, 1.82) is 0 Å². The lowest BCUT2D eigenvalue weighted by molar-refractivity contribution is -0.422. The zero-order chi connectivity index (χ0) is 23.8. The van der Waals surface area contributed by atoms with Crippen LogP contribution in [0.2, 0.25) is 0 Å². The molecule has 1 aliphatic heterocycles. The summed E-state index contributed by atoms with van der Waals surface area (Å²) in [6, 6.07) is 6.32. The molecule has 11 nitrogen and oxygen atoms in total. The lowest BCUT2D eigenvalue weighted by Gasteiger charge is -2.29. The predicted molar refractivity (Wildman–Crippen MR) is 111 cm³/mol. The highest BCUT2D eigenvalue weighted by molar-refractivity contribution is 5.87. The van der Waals surface area contributed by atoms with Crippen LogP contribution in [0.3, 0.4) is 0 Å². The van der Waals surface area contributed by atoms with Gasteiger partial charge in [0.05, 0.1) is 51.8 Å². The number of hydrogen-bond donors (Lipinski definition) is 1. The molecule has 2 aromatic carbocycles. The third-order valence-corrected chi connectivity index (χ3v) is 4.90. The van der Waals surface area contributed by atoms with Gasteiger partial charge in [0, 0.05) is 18.8 Å². The van der Waals surface area contributed by atoms with E-state index < -0.39 is 33.0 Å². The Kier molecular flexibility index (Phi) is 5.68. The Morgan fingerprint density at radius 2 is 1.58 bits per heavy atom. The van der Waals surface area contributed by atoms with E-state index in [0.717, 1.165) is 24.3 Å². The van der Waals surface area contributed by atoms with Crippen molar-refractivity contribution in [2.24, 2.45) is 0 Å². The maximum Gasteiger partial charge on any atom is 0.416 e. The number of ether oxygens (including phenoxy) is 1. The van der Waals surface area contributed by atoms with Crippen molar-refractivity contribution in [2.45, 2.75) is 6.18 Å². The second-order valence-electron chi connectivity index (χ2n) is 7.04. The quantitative estimate of drug-likeness (QED) is 0.438. The summed E-state index contributed by atoms with van der Waals surface area (Å²) in [6.07, 6.45) is -4.56. The molecule has 172 valence electrons. The minimum atomic E-state index is -4.56. The molecule has 0 bridgehead atoms. The van der Waals surface area contributed by atoms with E-state index in [2.05, 4.69) is 15.3 Å². The molecule has 0 amide bonds. The van der Waals surface area contributed by atoms with E-state index in [4.69, 9.17) is 4.74 Å². The van der Waals surface area contributed by atoms with Gasteiger partial charge < -0.3 is 15.0 Å². The summed E-state index contributed by atoms with van der Waals surface area (Å²) in [4.78, 5) is 31.3. The van der Waals surface area contributed by atoms with Crippen LogP contribution in [0.15, 0.2) is 36.4 Å². The Morgan fingerprint density at radius 1 is 0.970 bits per heavy atom. The number of nitro benzene ring substituents is 2. The highest BCUT2D eigenvalue weighted by Crippen LogP contribution is 2.36. The van der Waals surface area contributed by atoms with E-state index >= 15 is 0 Å². The van der Waals surface area contributed by atoms with Gasteiger partial charge in [0.1, 0.15) is 0 Å². The minimum absolute atomic E-state index is 0.0289. The average Bonchev–Trinajstić information content (AvgIpc) is 2.78. The Hall–Kier alpha value is -4.07. The van der Waals surface area contributed by atoms with Gasteiger partial charge in [-0.05, 0) is 18.2 Å². The van der Waals surface area contributed by atoms with Gasteiger partial charge in [-0.3, -0.25) is 20.2 Å². The molecule has 3 aromatic rings. The number of morpholine rings is 1. The van der Waals surface area contributed by atoms with Gasteiger partial charge in [-0.25, -0.2) is 9.97 Å². The molecule has 1 fully saturated rings. The molecule has 0 radical (unpaired) electrons. The lowest BCUT2D eigenvalue weighted by Crippen LogP contribution is -2.37. The molecule has 0 spiro atoms. The molecule has 2 heterocycles. The Labute approximate surface area is 183 Å². The van der Waals surface area contributed by atoms with Gasteiger partial charge in [0.2, 0.25) is 0 Å². The molecule has 0 aliphatic carbocycles. The smallest absolute Gasteiger partial charge is 0.378 e. The molecule has 14 heteroatoms. The van der Waals surface area contributed by atoms with Crippen LogP contribution in [-0.4, -0.2) is 46.1 Å². The van der Waals surface area contributed by atoms with Crippen LogP contribution in [0.5, 0.6) is 0 Å². The number of alkyl halides is 3. The van der Waals surface area contributed by atoms with E-state index in [0.29, 0.717) is 26.3 Å². The normalized spacial score (nSPS) is 14.3. The zero-order valence-corrected chi connectivity index (χ0v) is 16.7. The first-order chi connectivity index (χ1) is 15.6. The number of hydrogen-bond acceptors (Lipinski definition) is 9. The number of nitrogens with one attached hydrogen (secondary N) is 1. The van der Waals surface area contributed by atoms with Crippen molar-refractivity contribution in [3.8, 4) is 0 Å². The molecule has 1 N–H and O–H groups in total. The number of aromatic nitrogens is 2. The molecule has 0 atom stereocenters. The Bertz CT molecular complexity index is 1250. The predicted octanol–water partition coefficient (Wildman–Crippen LogP) is 4.05. The fourth-order valence-corrected chi connectivity index (χ4v) is 3.35. The standard InChI is InChI=1S/C19H15F3N6O5/c20-19(21,22)11-2-1-3-12(8-11)23-17-18(26-4-6-33-7-5-26)25-14-10-16(28(31)32)15(27(29)30)9-13(14)24-17/h1-3,8-10H,4-7H2,(H,23,24). The summed E-state index contributed by atoms with van der Waals surface area (Å²) >= 11 is 0. The summed E-state index contributed by atoms with van der Waals surface area (Å²) in [6.45, 7) is 1.52. The summed E-state index contributed by atoms with van der Waals surface area (Å²) in [5.74, 6) is 0.276. The minimum Gasteiger partial charge on any atom is -0.378 e. The van der Waals surface area contributed by atoms with Crippen molar-refractivity contribution in [3.63, 3.8) is 0 Å². The maximum atomic E-state index is 13.1. The van der Waals surface area contributed by atoms with Crippen molar-refractivity contribution in [1.82, 2.24) is 9.97 Å². The largest absolute Gasteiger partial charge is 0.416 e. The first kappa shape index (κ1) is 22.1. The number of fused-ring (bicyclic) bond motifs is 1. The van der Waals surface area contributed by atoms with Crippen molar-refractivity contribution < 1.29 is 27.8 Å². The first-order valence-electron chi connectivity index (χ1n) is 9.55. The molecule has 0 unspecified atom stereocenters. The number of halogens is 3. The zero-order valence-electron chi connectivity index (χ0n) is 16.7. The third kappa shape index (κ3) is 4.59. The molecule has 33 heavy (non-hydrogen) atoms. The van der Waals surface area contributed by atoms with Gasteiger partial charge in [-0.2, -0.15) is 13.2 Å². The second kappa shape index (κ2) is 8.46. The molecule has 1 aromatic heterocycles. The monoisotopic (exact) mass is 464 g/mol. The van der Waals surface area contributed by atoms with Crippen molar-refractivity contribution >= 4 is 39.7 Å². The van der Waals surface area contributed by atoms with E-state index in [-0.39, 0.29) is 28.4 Å². The second-order valence-corrected chi connectivity index (χ2v) is 7.04. The molecular weight excluding hydrogens is 449 g/mol. The molecular formula is C19H15F3N6O5. The van der Waals surface area contributed by atoms with Crippen LogP contribution in [0.1, 0.15) is 5.56 Å². The fourth-order valence-electron chi connectivity index (χ4n) is 3.35. The van der Waals surface area contributed by atoms with Crippen LogP contribution in [0.25, 0.3) is 11.0 Å². The molecule has 1 aliphatic rings. The van der Waals surface area contributed by atoms with E-state index in [1.165, 1.54) is 12.1 Å². The summed E-state index contributed by atoms with van der Waals surface area (Å²) < 4.78 is 44.6. The molecule has 0 saturated carbocycles. The molecule has 4 rings (SSSR count). The van der Waals surface area contributed by atoms with Crippen LogP contribution in [0.4, 0.5) is 41.9 Å². The lowest BCUT2D eigenvalue weighted by atomic mass is 10.2. The number of rotatable bonds is 5. The van der Waals surface area contributed by atoms with Gasteiger partial charge in [-0.1, -0.05) is 6.07 Å². The summed E-state index contributed by atoms with van der Waals surface area (Å²) in [5, 5.41) is 25.4. The number of benzene rings is 2. The molecule has 1 saturated heterocycles. The van der Waals surface area contributed by atoms with Gasteiger partial charge in [0.15, 0.2) is 11.6 Å². The average molecular weight is 464 g/mol. The van der Waals surface area contributed by atoms with Crippen LogP contribution < -0.4 is 10.2 Å². The highest BCUT2D eigenvalue weighted by Gasteiger charge is 2.31. The van der Waals surface area contributed by atoms with Crippen LogP contribution in [0, 0.1) is 20.2 Å².